The molecular weight excluding hydrogens is 290 g/mol. The van der Waals surface area contributed by atoms with E-state index < -0.39 is 5.97 Å². The van der Waals surface area contributed by atoms with Crippen molar-refractivity contribution in [1.82, 2.24) is 15.6 Å². The number of nitrogens with one attached hydrogen (secondary N) is 2. The summed E-state index contributed by atoms with van der Waals surface area (Å²) in [7, 11) is 0. The largest absolute Gasteiger partial charge is 0.478 e. The first-order valence-electron chi connectivity index (χ1n) is 6.30. The summed E-state index contributed by atoms with van der Waals surface area (Å²) in [4.78, 5) is 27.7. The Hall–Kier alpha value is -2.41. The number of urea groups is 1. The molecule has 0 unspecified atom stereocenters. The van der Waals surface area contributed by atoms with Gasteiger partial charge in [-0.2, -0.15) is 0 Å². The SMILES string of the molecule is Cc1cnc(CNC(=O)NCc2cccc(C(=O)O)c2)s1. The van der Waals surface area contributed by atoms with Crippen LogP contribution in [-0.2, 0) is 13.1 Å². The van der Waals surface area contributed by atoms with Gasteiger partial charge in [0, 0.05) is 17.6 Å². The summed E-state index contributed by atoms with van der Waals surface area (Å²) >= 11 is 1.53. The summed E-state index contributed by atoms with van der Waals surface area (Å²) < 4.78 is 0. The first-order chi connectivity index (χ1) is 10.0. The molecule has 0 spiro atoms. The number of carboxylic acids is 1. The zero-order chi connectivity index (χ0) is 15.2. The number of hydrogen-bond donors (Lipinski definition) is 3. The van der Waals surface area contributed by atoms with Gasteiger partial charge < -0.3 is 15.7 Å². The van der Waals surface area contributed by atoms with Crippen LogP contribution in [0.15, 0.2) is 30.5 Å². The third-order valence-corrected chi connectivity index (χ3v) is 3.61. The molecule has 1 aromatic carbocycles. The number of hydrogen-bond acceptors (Lipinski definition) is 4. The van der Waals surface area contributed by atoms with Crippen molar-refractivity contribution in [3.63, 3.8) is 0 Å². The second-order valence-corrected chi connectivity index (χ2v) is 5.73. The van der Waals surface area contributed by atoms with Gasteiger partial charge in [0.25, 0.3) is 0 Å². The van der Waals surface area contributed by atoms with Crippen molar-refractivity contribution < 1.29 is 14.7 Å². The lowest BCUT2D eigenvalue weighted by molar-refractivity contribution is 0.0696. The van der Waals surface area contributed by atoms with Crippen molar-refractivity contribution in [2.75, 3.05) is 0 Å². The number of aryl methyl sites for hydroxylation is 1. The summed E-state index contributed by atoms with van der Waals surface area (Å²) in [6.07, 6.45) is 1.76. The maximum Gasteiger partial charge on any atom is 0.335 e. The molecular formula is C14H15N3O3S. The maximum absolute atomic E-state index is 11.7. The van der Waals surface area contributed by atoms with Crippen LogP contribution in [0.3, 0.4) is 0 Å². The van der Waals surface area contributed by atoms with E-state index in [0.29, 0.717) is 6.54 Å². The van der Waals surface area contributed by atoms with Crippen LogP contribution >= 0.6 is 11.3 Å². The average molecular weight is 305 g/mol. The van der Waals surface area contributed by atoms with Crippen molar-refractivity contribution in [3.8, 4) is 0 Å². The molecule has 0 radical (unpaired) electrons. The van der Waals surface area contributed by atoms with Gasteiger partial charge in [-0.3, -0.25) is 0 Å². The van der Waals surface area contributed by atoms with Gasteiger partial charge in [0.2, 0.25) is 0 Å². The fourth-order valence-corrected chi connectivity index (χ4v) is 2.43. The first-order valence-corrected chi connectivity index (χ1v) is 7.11. The van der Waals surface area contributed by atoms with Crippen LogP contribution in [0.4, 0.5) is 4.79 Å². The minimum absolute atomic E-state index is 0.202. The van der Waals surface area contributed by atoms with E-state index >= 15 is 0 Å². The number of carbonyl (C=O) groups excluding carboxylic acids is 1. The van der Waals surface area contributed by atoms with Gasteiger partial charge >= 0.3 is 12.0 Å². The van der Waals surface area contributed by atoms with E-state index in [9.17, 15) is 9.59 Å². The lowest BCUT2D eigenvalue weighted by Crippen LogP contribution is -2.34. The van der Waals surface area contributed by atoms with Gasteiger partial charge in [-0.25, -0.2) is 14.6 Å². The molecule has 110 valence electrons. The van der Waals surface area contributed by atoms with Crippen LogP contribution in [0.2, 0.25) is 0 Å². The van der Waals surface area contributed by atoms with Gasteiger partial charge in [-0.05, 0) is 24.6 Å². The molecule has 21 heavy (non-hydrogen) atoms. The third kappa shape index (κ3) is 4.57. The van der Waals surface area contributed by atoms with Crippen molar-refractivity contribution in [2.24, 2.45) is 0 Å². The number of benzene rings is 1. The third-order valence-electron chi connectivity index (χ3n) is 2.70. The number of aromatic carboxylic acids is 1. The van der Waals surface area contributed by atoms with Crippen LogP contribution in [0.1, 0.15) is 25.8 Å². The lowest BCUT2D eigenvalue weighted by atomic mass is 10.1. The van der Waals surface area contributed by atoms with E-state index in [0.717, 1.165) is 15.4 Å². The van der Waals surface area contributed by atoms with Gasteiger partial charge in [-0.15, -0.1) is 11.3 Å². The molecule has 1 heterocycles. The number of rotatable bonds is 5. The molecule has 0 aliphatic heterocycles. The predicted molar refractivity (Wildman–Crippen MR) is 79.3 cm³/mol. The van der Waals surface area contributed by atoms with E-state index in [1.165, 1.54) is 23.5 Å². The van der Waals surface area contributed by atoms with Crippen molar-refractivity contribution >= 4 is 23.3 Å². The number of nitrogens with zero attached hydrogens (tertiary/aromatic N) is 1. The summed E-state index contributed by atoms with van der Waals surface area (Å²) in [5.74, 6) is -0.986. The van der Waals surface area contributed by atoms with E-state index in [1.807, 2.05) is 6.92 Å². The minimum Gasteiger partial charge on any atom is -0.478 e. The maximum atomic E-state index is 11.7. The van der Waals surface area contributed by atoms with Crippen LogP contribution in [-0.4, -0.2) is 22.1 Å². The highest BCUT2D eigenvalue weighted by molar-refractivity contribution is 7.11. The quantitative estimate of drug-likeness (QED) is 0.789. The minimum atomic E-state index is -0.986. The van der Waals surface area contributed by atoms with Gasteiger partial charge in [0.1, 0.15) is 5.01 Å². The zero-order valence-corrected chi connectivity index (χ0v) is 12.2. The predicted octanol–water partition coefficient (Wildman–Crippen LogP) is 2.15. The lowest BCUT2D eigenvalue weighted by Gasteiger charge is -2.07. The van der Waals surface area contributed by atoms with Gasteiger partial charge in [0.15, 0.2) is 0 Å². The Morgan fingerprint density at radius 3 is 2.71 bits per heavy atom. The Morgan fingerprint density at radius 1 is 1.29 bits per heavy atom. The monoisotopic (exact) mass is 305 g/mol. The van der Waals surface area contributed by atoms with E-state index in [4.69, 9.17) is 5.11 Å². The molecule has 2 amide bonds. The summed E-state index contributed by atoms with van der Waals surface area (Å²) in [6.45, 7) is 2.60. The topological polar surface area (TPSA) is 91.3 Å². The number of carboxylic acid groups (broad SMARTS) is 1. The molecule has 3 N–H and O–H groups in total. The molecule has 0 fully saturated rings. The van der Waals surface area contributed by atoms with E-state index in [2.05, 4.69) is 15.6 Å². The normalized spacial score (nSPS) is 10.1. The van der Waals surface area contributed by atoms with Gasteiger partial charge in [0.05, 0.1) is 12.1 Å². The molecule has 2 rings (SSSR count). The van der Waals surface area contributed by atoms with E-state index in [-0.39, 0.29) is 18.1 Å². The summed E-state index contributed by atoms with van der Waals surface area (Å²) in [6, 6.07) is 6.14. The fourth-order valence-electron chi connectivity index (χ4n) is 1.70. The van der Waals surface area contributed by atoms with Crippen LogP contribution in [0, 0.1) is 6.92 Å². The Bertz CT molecular complexity index is 654. The van der Waals surface area contributed by atoms with Crippen molar-refractivity contribution in [1.29, 1.82) is 0 Å². The molecule has 0 aliphatic rings. The molecule has 2 aromatic rings. The molecule has 0 aliphatic carbocycles. The highest BCUT2D eigenvalue weighted by atomic mass is 32.1. The number of aromatic nitrogens is 1. The first kappa shape index (κ1) is 15.0. The number of carbonyl (C=O) groups is 2. The number of amides is 2. The van der Waals surface area contributed by atoms with Crippen molar-refractivity contribution in [2.45, 2.75) is 20.0 Å². The second kappa shape index (κ2) is 6.85. The smallest absolute Gasteiger partial charge is 0.335 e. The highest BCUT2D eigenvalue weighted by Gasteiger charge is 2.05. The molecule has 1 aromatic heterocycles. The molecule has 0 atom stereocenters. The molecule has 6 nitrogen and oxygen atoms in total. The van der Waals surface area contributed by atoms with Crippen LogP contribution in [0.5, 0.6) is 0 Å². The van der Waals surface area contributed by atoms with Crippen molar-refractivity contribution in [3.05, 3.63) is 51.5 Å². The molecule has 0 bridgehead atoms. The Labute approximate surface area is 125 Å². The zero-order valence-electron chi connectivity index (χ0n) is 11.4. The Balaban J connectivity index is 1.81. The Morgan fingerprint density at radius 2 is 2.05 bits per heavy atom. The highest BCUT2D eigenvalue weighted by Crippen LogP contribution is 2.10. The number of thiazole rings is 1. The van der Waals surface area contributed by atoms with Crippen LogP contribution in [0.25, 0.3) is 0 Å². The standard InChI is InChI=1S/C14H15N3O3S/c1-9-6-15-12(21-9)8-17-14(20)16-7-10-3-2-4-11(5-10)13(18)19/h2-6H,7-8H2,1H3,(H,18,19)(H2,16,17,20). The van der Waals surface area contributed by atoms with E-state index in [1.54, 1.807) is 18.3 Å². The summed E-state index contributed by atoms with van der Waals surface area (Å²) in [5, 5.41) is 15.1. The molecule has 0 saturated carbocycles. The average Bonchev–Trinajstić information content (AvgIpc) is 2.89. The second-order valence-electron chi connectivity index (χ2n) is 4.41. The molecule has 7 heteroatoms. The fraction of sp³-hybridized carbons (Fsp3) is 0.214. The summed E-state index contributed by atoms with van der Waals surface area (Å²) in [5.41, 5.74) is 0.933. The Kier molecular flexibility index (Phi) is 4.89. The molecule has 0 saturated heterocycles. The van der Waals surface area contributed by atoms with Crippen LogP contribution < -0.4 is 10.6 Å². The van der Waals surface area contributed by atoms with Gasteiger partial charge in [-0.1, -0.05) is 12.1 Å².